The molecule has 1 atom stereocenters. The molecule has 4 heterocycles. The lowest BCUT2D eigenvalue weighted by molar-refractivity contribution is 0.131. The molecule has 0 aliphatic carbocycles. The number of piperidine rings is 1. The van der Waals surface area contributed by atoms with Crippen molar-refractivity contribution in [1.82, 2.24) is 15.0 Å². The second-order valence-corrected chi connectivity index (χ2v) is 8.06. The van der Waals surface area contributed by atoms with Crippen LogP contribution < -0.4 is 10.6 Å². The highest BCUT2D eigenvalue weighted by Crippen LogP contribution is 2.39. The molecule has 2 aromatic heterocycles. The molecule has 2 fully saturated rings. The van der Waals surface area contributed by atoms with Crippen LogP contribution in [0.3, 0.4) is 0 Å². The molecular formula is C17H20ClN5OS. The third-order valence-corrected chi connectivity index (χ3v) is 6.53. The summed E-state index contributed by atoms with van der Waals surface area (Å²) >= 11 is 7.63. The summed E-state index contributed by atoms with van der Waals surface area (Å²) in [5, 5.41) is 1.44. The fourth-order valence-corrected chi connectivity index (χ4v) is 4.40. The van der Waals surface area contributed by atoms with Gasteiger partial charge >= 0.3 is 0 Å². The largest absolute Gasteiger partial charge is 0.379 e. The molecule has 2 N–H and O–H groups in total. The van der Waals surface area contributed by atoms with Gasteiger partial charge in [0, 0.05) is 41.8 Å². The lowest BCUT2D eigenvalue weighted by Crippen LogP contribution is -2.49. The van der Waals surface area contributed by atoms with Crippen LogP contribution in [0.15, 0.2) is 40.8 Å². The summed E-state index contributed by atoms with van der Waals surface area (Å²) in [4.78, 5) is 16.3. The smallest absolute Gasteiger partial charge is 0.147 e. The van der Waals surface area contributed by atoms with Crippen molar-refractivity contribution >= 4 is 29.2 Å². The Bertz CT molecular complexity index is 736. The van der Waals surface area contributed by atoms with E-state index in [1.54, 1.807) is 18.6 Å². The summed E-state index contributed by atoms with van der Waals surface area (Å²) in [5.41, 5.74) is 6.40. The zero-order valence-electron chi connectivity index (χ0n) is 13.8. The first-order valence-corrected chi connectivity index (χ1v) is 9.53. The summed E-state index contributed by atoms with van der Waals surface area (Å²) in [7, 11) is 0. The number of halogens is 1. The predicted octanol–water partition coefficient (Wildman–Crippen LogP) is 2.62. The molecule has 132 valence electrons. The van der Waals surface area contributed by atoms with E-state index in [0.29, 0.717) is 11.6 Å². The highest BCUT2D eigenvalue weighted by atomic mass is 35.5. The predicted molar refractivity (Wildman–Crippen MR) is 98.1 cm³/mol. The number of rotatable bonds is 3. The number of pyridine rings is 1. The van der Waals surface area contributed by atoms with Gasteiger partial charge in [-0.15, -0.1) is 0 Å². The molecule has 2 aliphatic heterocycles. The Morgan fingerprint density at radius 3 is 2.72 bits per heavy atom. The van der Waals surface area contributed by atoms with Crippen LogP contribution in [0.25, 0.3) is 0 Å². The van der Waals surface area contributed by atoms with E-state index in [1.165, 1.54) is 11.8 Å². The summed E-state index contributed by atoms with van der Waals surface area (Å²) in [6, 6.07) is 2.03. The summed E-state index contributed by atoms with van der Waals surface area (Å²) < 4.78 is 5.58. The highest BCUT2D eigenvalue weighted by molar-refractivity contribution is 7.99. The fourth-order valence-electron chi connectivity index (χ4n) is 3.45. The number of aromatic nitrogens is 3. The number of nitrogens with two attached hydrogens (primary N) is 1. The third-order valence-electron chi connectivity index (χ3n) is 5.12. The summed E-state index contributed by atoms with van der Waals surface area (Å²) in [5.74, 6) is 0.910. The number of hydrogen-bond donors (Lipinski definition) is 1. The van der Waals surface area contributed by atoms with Crippen molar-refractivity contribution in [1.29, 1.82) is 0 Å². The zero-order chi connectivity index (χ0) is 17.3. The monoisotopic (exact) mass is 377 g/mol. The van der Waals surface area contributed by atoms with Crippen molar-refractivity contribution in [2.45, 2.75) is 28.8 Å². The number of nitrogens with zero attached hydrogens (tertiary/aromatic N) is 4. The van der Waals surface area contributed by atoms with Gasteiger partial charge < -0.3 is 15.4 Å². The number of hydrogen-bond acceptors (Lipinski definition) is 7. The number of anilines is 1. The minimum Gasteiger partial charge on any atom is -0.379 e. The van der Waals surface area contributed by atoms with E-state index >= 15 is 0 Å². The van der Waals surface area contributed by atoms with E-state index in [2.05, 4.69) is 19.9 Å². The van der Waals surface area contributed by atoms with Crippen molar-refractivity contribution < 1.29 is 4.74 Å². The average molecular weight is 378 g/mol. The van der Waals surface area contributed by atoms with Gasteiger partial charge in [-0.1, -0.05) is 23.4 Å². The van der Waals surface area contributed by atoms with Gasteiger partial charge in [0.25, 0.3) is 0 Å². The van der Waals surface area contributed by atoms with Crippen LogP contribution >= 0.6 is 23.4 Å². The van der Waals surface area contributed by atoms with Gasteiger partial charge in [0.15, 0.2) is 0 Å². The molecule has 6 nitrogen and oxygen atoms in total. The number of ether oxygens (including phenoxy) is 1. The Labute approximate surface area is 156 Å². The average Bonchev–Trinajstić information content (AvgIpc) is 2.99. The Morgan fingerprint density at radius 2 is 2.08 bits per heavy atom. The van der Waals surface area contributed by atoms with Crippen molar-refractivity contribution in [3.8, 4) is 0 Å². The topological polar surface area (TPSA) is 77.2 Å². The molecule has 0 bridgehead atoms. The molecule has 0 aromatic carbocycles. The van der Waals surface area contributed by atoms with Gasteiger partial charge in [-0.3, -0.25) is 4.98 Å². The van der Waals surface area contributed by atoms with Crippen LogP contribution in [0.2, 0.25) is 5.02 Å². The maximum Gasteiger partial charge on any atom is 0.147 e. The second kappa shape index (κ2) is 7.07. The molecule has 0 radical (unpaired) electrons. The van der Waals surface area contributed by atoms with Crippen LogP contribution in [0.1, 0.15) is 12.8 Å². The molecule has 2 aromatic rings. The Kier molecular flexibility index (Phi) is 4.82. The van der Waals surface area contributed by atoms with Crippen LogP contribution in [-0.2, 0) is 4.74 Å². The van der Waals surface area contributed by atoms with Crippen molar-refractivity contribution in [3.05, 3.63) is 35.9 Å². The lowest BCUT2D eigenvalue weighted by Gasteiger charge is -2.41. The Hall–Kier alpha value is -1.41. The van der Waals surface area contributed by atoms with Crippen LogP contribution in [0, 0.1) is 5.41 Å². The molecule has 4 rings (SSSR count). The minimum atomic E-state index is 0.151. The SMILES string of the molecule is N[C@@H]1COCC12CCN(c1cnc(Sc3ccncc3Cl)cn1)CC2. The molecular weight excluding hydrogens is 358 g/mol. The van der Waals surface area contributed by atoms with E-state index in [-0.39, 0.29) is 11.5 Å². The van der Waals surface area contributed by atoms with Crippen LogP contribution in [0.4, 0.5) is 5.82 Å². The minimum absolute atomic E-state index is 0.151. The standard InChI is InChI=1S/C17H20ClN5OS/c18-12-7-20-4-1-13(12)25-16-9-21-15(8-22-16)23-5-2-17(3-6-23)11-24-10-14(17)19/h1,4,7-9,14H,2-3,5-6,10-11,19H2/t14-/m1/s1. The first-order valence-electron chi connectivity index (χ1n) is 8.34. The zero-order valence-corrected chi connectivity index (χ0v) is 15.3. The van der Waals surface area contributed by atoms with Crippen LogP contribution in [0.5, 0.6) is 0 Å². The molecule has 0 saturated carbocycles. The molecule has 1 spiro atoms. The van der Waals surface area contributed by atoms with Gasteiger partial charge in [0.05, 0.1) is 30.6 Å². The molecule has 2 saturated heterocycles. The second-order valence-electron chi connectivity index (χ2n) is 6.59. The molecule has 8 heteroatoms. The van der Waals surface area contributed by atoms with Crippen LogP contribution in [-0.4, -0.2) is 47.3 Å². The molecule has 25 heavy (non-hydrogen) atoms. The maximum atomic E-state index is 6.24. The first-order chi connectivity index (χ1) is 12.2. The molecule has 0 unspecified atom stereocenters. The molecule has 2 aliphatic rings. The Balaban J connectivity index is 1.40. The lowest BCUT2D eigenvalue weighted by atomic mass is 9.75. The van der Waals surface area contributed by atoms with Gasteiger partial charge in [-0.2, -0.15) is 0 Å². The summed E-state index contributed by atoms with van der Waals surface area (Å²) in [6.45, 7) is 3.35. The van der Waals surface area contributed by atoms with E-state index in [4.69, 9.17) is 22.1 Å². The van der Waals surface area contributed by atoms with E-state index in [1.807, 2.05) is 12.3 Å². The molecule has 0 amide bonds. The van der Waals surface area contributed by atoms with E-state index in [9.17, 15) is 0 Å². The fraction of sp³-hybridized carbons (Fsp3) is 0.471. The van der Waals surface area contributed by atoms with Gasteiger partial charge in [0.2, 0.25) is 0 Å². The first kappa shape index (κ1) is 17.0. The normalized spacial score (nSPS) is 22.5. The van der Waals surface area contributed by atoms with E-state index < -0.39 is 0 Å². The van der Waals surface area contributed by atoms with Gasteiger partial charge in [-0.05, 0) is 18.9 Å². The van der Waals surface area contributed by atoms with Crippen molar-refractivity contribution in [2.75, 3.05) is 31.2 Å². The third kappa shape index (κ3) is 3.46. The van der Waals surface area contributed by atoms with Crippen molar-refractivity contribution in [2.24, 2.45) is 11.1 Å². The summed E-state index contributed by atoms with van der Waals surface area (Å²) in [6.07, 6.45) is 9.06. The van der Waals surface area contributed by atoms with E-state index in [0.717, 1.165) is 48.3 Å². The van der Waals surface area contributed by atoms with Gasteiger partial charge in [0.1, 0.15) is 10.8 Å². The van der Waals surface area contributed by atoms with Gasteiger partial charge in [-0.25, -0.2) is 9.97 Å². The highest BCUT2D eigenvalue weighted by Gasteiger charge is 2.44. The Morgan fingerprint density at radius 1 is 1.24 bits per heavy atom. The quantitative estimate of drug-likeness (QED) is 0.880. The van der Waals surface area contributed by atoms with Crippen molar-refractivity contribution in [3.63, 3.8) is 0 Å². The maximum absolute atomic E-state index is 6.24.